The van der Waals surface area contributed by atoms with E-state index in [1.165, 1.54) is 7.11 Å². The summed E-state index contributed by atoms with van der Waals surface area (Å²) in [6.07, 6.45) is -0.802. The van der Waals surface area contributed by atoms with Crippen molar-refractivity contribution in [1.82, 2.24) is 0 Å². The summed E-state index contributed by atoms with van der Waals surface area (Å²) in [6.45, 7) is 2.21. The minimum absolute atomic E-state index is 0.0247. The number of rotatable bonds is 5. The van der Waals surface area contributed by atoms with Gasteiger partial charge in [0.1, 0.15) is 0 Å². The van der Waals surface area contributed by atoms with Crippen LogP contribution in [0, 0.1) is 6.92 Å². The van der Waals surface area contributed by atoms with Crippen LogP contribution in [0.25, 0.3) is 0 Å². The molecule has 1 aromatic rings. The molecule has 1 rings (SSSR count). The van der Waals surface area contributed by atoms with Gasteiger partial charge >= 0.3 is 5.97 Å². The lowest BCUT2D eigenvalue weighted by Crippen LogP contribution is -2.23. The lowest BCUT2D eigenvalue weighted by atomic mass is 10.2. The van der Waals surface area contributed by atoms with Crippen molar-refractivity contribution in [2.75, 3.05) is 19.0 Å². The van der Waals surface area contributed by atoms with E-state index in [0.717, 1.165) is 11.3 Å². The zero-order valence-corrected chi connectivity index (χ0v) is 10.6. The topological polar surface area (TPSA) is 58.6 Å². The Bertz CT molecular complexity index is 395. The van der Waals surface area contributed by atoms with Gasteiger partial charge in [0.05, 0.1) is 19.6 Å². The molecule has 0 radical (unpaired) electrons. The Hall–Kier alpha value is -1.26. The van der Waals surface area contributed by atoms with Crippen molar-refractivity contribution in [3.05, 3.63) is 28.8 Å². The first-order valence-electron chi connectivity index (χ1n) is 5.28. The zero-order valence-electron chi connectivity index (χ0n) is 9.87. The molecule has 0 aliphatic heterocycles. The van der Waals surface area contributed by atoms with Gasteiger partial charge in [-0.3, -0.25) is 4.79 Å². The Kier molecular flexibility index (Phi) is 5.25. The number of ether oxygens (including phenoxy) is 1. The van der Waals surface area contributed by atoms with Crippen molar-refractivity contribution in [1.29, 1.82) is 0 Å². The Balaban J connectivity index is 2.49. The summed E-state index contributed by atoms with van der Waals surface area (Å²) in [7, 11) is 1.30. The van der Waals surface area contributed by atoms with E-state index in [9.17, 15) is 9.90 Å². The first-order valence-corrected chi connectivity index (χ1v) is 5.65. The summed E-state index contributed by atoms with van der Waals surface area (Å²) in [5.74, 6) is -0.429. The van der Waals surface area contributed by atoms with Crippen molar-refractivity contribution in [3.63, 3.8) is 0 Å². The van der Waals surface area contributed by atoms with E-state index in [4.69, 9.17) is 11.6 Å². The van der Waals surface area contributed by atoms with Crippen LogP contribution in [0.1, 0.15) is 12.0 Å². The maximum atomic E-state index is 10.9. The summed E-state index contributed by atoms with van der Waals surface area (Å²) in [4.78, 5) is 10.9. The van der Waals surface area contributed by atoms with Crippen molar-refractivity contribution in [2.45, 2.75) is 19.4 Å². The van der Waals surface area contributed by atoms with E-state index in [1.54, 1.807) is 12.1 Å². The van der Waals surface area contributed by atoms with Gasteiger partial charge in [-0.15, -0.1) is 0 Å². The van der Waals surface area contributed by atoms with Gasteiger partial charge in [-0.1, -0.05) is 17.7 Å². The first kappa shape index (κ1) is 13.8. The number of hydrogen-bond acceptors (Lipinski definition) is 4. The van der Waals surface area contributed by atoms with E-state index >= 15 is 0 Å². The van der Waals surface area contributed by atoms with Crippen LogP contribution in [0.3, 0.4) is 0 Å². The molecule has 1 aromatic carbocycles. The number of anilines is 1. The van der Waals surface area contributed by atoms with Crippen LogP contribution >= 0.6 is 11.6 Å². The number of esters is 1. The number of aryl methyl sites for hydroxylation is 1. The van der Waals surface area contributed by atoms with Crippen molar-refractivity contribution in [3.8, 4) is 0 Å². The monoisotopic (exact) mass is 257 g/mol. The second-order valence-electron chi connectivity index (χ2n) is 3.77. The molecule has 2 N–H and O–H groups in total. The highest BCUT2D eigenvalue weighted by Crippen LogP contribution is 2.20. The molecular formula is C12H16ClNO3. The fraction of sp³-hybridized carbons (Fsp3) is 0.417. The molecule has 0 fully saturated rings. The summed E-state index contributed by atoms with van der Waals surface area (Å²) in [6, 6.07) is 5.46. The molecule has 0 saturated carbocycles. The van der Waals surface area contributed by atoms with Gasteiger partial charge in [-0.05, 0) is 24.6 Å². The average molecular weight is 258 g/mol. The van der Waals surface area contributed by atoms with Gasteiger partial charge in [0.2, 0.25) is 0 Å². The Morgan fingerprint density at radius 1 is 1.59 bits per heavy atom. The predicted octanol–water partition coefficient (Wildman–Crippen LogP) is 1.98. The van der Waals surface area contributed by atoms with E-state index < -0.39 is 12.1 Å². The van der Waals surface area contributed by atoms with Gasteiger partial charge in [-0.25, -0.2) is 0 Å². The highest BCUT2D eigenvalue weighted by Gasteiger charge is 2.11. The van der Waals surface area contributed by atoms with Crippen LogP contribution in [-0.4, -0.2) is 30.8 Å². The fourth-order valence-corrected chi connectivity index (χ4v) is 1.53. The molecule has 0 spiro atoms. The van der Waals surface area contributed by atoms with Crippen LogP contribution in [0.15, 0.2) is 18.2 Å². The van der Waals surface area contributed by atoms with Crippen molar-refractivity contribution < 1.29 is 14.6 Å². The third-order valence-electron chi connectivity index (χ3n) is 2.36. The molecule has 0 saturated heterocycles. The molecular weight excluding hydrogens is 242 g/mol. The number of hydrogen-bond donors (Lipinski definition) is 2. The summed E-state index contributed by atoms with van der Waals surface area (Å²) in [5.41, 5.74) is 1.88. The van der Waals surface area contributed by atoms with E-state index in [2.05, 4.69) is 10.1 Å². The Labute approximate surface area is 106 Å². The van der Waals surface area contributed by atoms with Gasteiger partial charge in [0.15, 0.2) is 0 Å². The van der Waals surface area contributed by atoms with Crippen LogP contribution in [0.2, 0.25) is 5.02 Å². The molecule has 0 aliphatic rings. The molecule has 4 nitrogen and oxygen atoms in total. The van der Waals surface area contributed by atoms with Gasteiger partial charge in [0.25, 0.3) is 0 Å². The Morgan fingerprint density at radius 2 is 2.29 bits per heavy atom. The number of carbonyl (C=O) groups excluding carboxylic acids is 1. The van der Waals surface area contributed by atoms with Crippen LogP contribution in [0.4, 0.5) is 5.69 Å². The number of halogens is 1. The normalized spacial score (nSPS) is 12.0. The molecule has 94 valence electrons. The maximum absolute atomic E-state index is 10.9. The molecule has 1 unspecified atom stereocenters. The first-order chi connectivity index (χ1) is 8.02. The molecule has 0 amide bonds. The highest BCUT2D eigenvalue weighted by molar-refractivity contribution is 6.30. The summed E-state index contributed by atoms with van der Waals surface area (Å²) < 4.78 is 4.47. The minimum atomic E-state index is -0.777. The molecule has 5 heteroatoms. The molecule has 0 aliphatic carbocycles. The number of methoxy groups -OCH3 is 1. The zero-order chi connectivity index (χ0) is 12.8. The second-order valence-corrected chi connectivity index (χ2v) is 4.21. The van der Waals surface area contributed by atoms with Crippen LogP contribution in [0.5, 0.6) is 0 Å². The average Bonchev–Trinajstić information content (AvgIpc) is 2.30. The predicted molar refractivity (Wildman–Crippen MR) is 67.3 cm³/mol. The highest BCUT2D eigenvalue weighted by atomic mass is 35.5. The van der Waals surface area contributed by atoms with E-state index in [0.29, 0.717) is 5.02 Å². The second kappa shape index (κ2) is 6.47. The molecule has 0 bridgehead atoms. The van der Waals surface area contributed by atoms with Crippen LogP contribution < -0.4 is 5.32 Å². The number of nitrogens with one attached hydrogen (secondary N) is 1. The number of benzene rings is 1. The lowest BCUT2D eigenvalue weighted by Gasteiger charge is -2.13. The Morgan fingerprint density at radius 3 is 2.94 bits per heavy atom. The van der Waals surface area contributed by atoms with Crippen molar-refractivity contribution in [2.24, 2.45) is 0 Å². The molecule has 17 heavy (non-hydrogen) atoms. The molecule has 1 atom stereocenters. The van der Waals surface area contributed by atoms with Crippen molar-refractivity contribution >= 4 is 23.3 Å². The minimum Gasteiger partial charge on any atom is -0.469 e. The van der Waals surface area contributed by atoms with Crippen LogP contribution in [-0.2, 0) is 9.53 Å². The van der Waals surface area contributed by atoms with Gasteiger partial charge in [0, 0.05) is 17.3 Å². The standard InChI is InChI=1S/C12H16ClNO3/c1-8-3-4-9(13)5-11(8)14-7-10(15)6-12(16)17-2/h3-5,10,14-15H,6-7H2,1-2H3. The summed E-state index contributed by atoms with van der Waals surface area (Å²) >= 11 is 5.86. The lowest BCUT2D eigenvalue weighted by molar-refractivity contribution is -0.142. The third kappa shape index (κ3) is 4.63. The fourth-order valence-electron chi connectivity index (χ4n) is 1.36. The maximum Gasteiger partial charge on any atom is 0.308 e. The molecule has 0 aromatic heterocycles. The number of aliphatic hydroxyl groups is 1. The quantitative estimate of drug-likeness (QED) is 0.792. The number of aliphatic hydroxyl groups excluding tert-OH is 1. The number of carbonyl (C=O) groups is 1. The summed E-state index contributed by atoms with van der Waals surface area (Å²) in [5, 5.41) is 13.2. The van der Waals surface area contributed by atoms with Gasteiger partial charge in [-0.2, -0.15) is 0 Å². The smallest absolute Gasteiger partial charge is 0.308 e. The molecule has 0 heterocycles. The largest absolute Gasteiger partial charge is 0.469 e. The van der Waals surface area contributed by atoms with Gasteiger partial charge < -0.3 is 15.2 Å². The third-order valence-corrected chi connectivity index (χ3v) is 2.59. The SMILES string of the molecule is COC(=O)CC(O)CNc1cc(Cl)ccc1C. The van der Waals surface area contributed by atoms with E-state index in [-0.39, 0.29) is 13.0 Å². The van der Waals surface area contributed by atoms with E-state index in [1.807, 2.05) is 13.0 Å².